The molecule has 0 atom stereocenters. The molecule has 0 fully saturated rings. The zero-order valence-electron chi connectivity index (χ0n) is 18.1. The summed E-state index contributed by atoms with van der Waals surface area (Å²) in [5.41, 5.74) is 2.65. The summed E-state index contributed by atoms with van der Waals surface area (Å²) < 4.78 is 2.09. The fourth-order valence-corrected chi connectivity index (χ4v) is 4.80. The van der Waals surface area contributed by atoms with Gasteiger partial charge in [0.25, 0.3) is 11.5 Å². The third-order valence-electron chi connectivity index (χ3n) is 6.35. The number of hydrogen-bond donors (Lipinski definition) is 0. The van der Waals surface area contributed by atoms with Crippen molar-refractivity contribution in [2.24, 2.45) is 0 Å². The number of hydrogen-bond acceptors (Lipinski definition) is 1. The molecule has 0 amide bonds. The highest BCUT2D eigenvalue weighted by molar-refractivity contribution is 6.26. The zero-order chi connectivity index (χ0) is 22.2. The monoisotopic (exact) mass is 424 g/mol. The lowest BCUT2D eigenvalue weighted by molar-refractivity contribution is -0.688. The second-order valence-corrected chi connectivity index (χ2v) is 8.39. The van der Waals surface area contributed by atoms with Crippen molar-refractivity contribution in [2.45, 2.75) is 6.54 Å². The van der Waals surface area contributed by atoms with Crippen molar-refractivity contribution in [3.8, 4) is 0 Å². The Kier molecular flexibility index (Phi) is 4.70. The van der Waals surface area contributed by atoms with Gasteiger partial charge in [0.1, 0.15) is 0 Å². The van der Waals surface area contributed by atoms with Crippen LogP contribution in [-0.4, -0.2) is 5.78 Å². The van der Waals surface area contributed by atoms with E-state index in [1.165, 1.54) is 0 Å². The molecule has 156 valence electrons. The molecule has 0 bridgehead atoms. The average Bonchev–Trinajstić information content (AvgIpc) is 2.87. The van der Waals surface area contributed by atoms with Crippen molar-refractivity contribution < 1.29 is 9.36 Å². The summed E-state index contributed by atoms with van der Waals surface area (Å²) in [6.07, 6.45) is 2.04. The predicted molar refractivity (Wildman–Crippen MR) is 135 cm³/mol. The van der Waals surface area contributed by atoms with Gasteiger partial charge in [0, 0.05) is 17.2 Å². The molecule has 0 saturated heterocycles. The maximum absolute atomic E-state index is 14.5. The first-order chi connectivity index (χ1) is 16.3. The number of carbonyl (C=O) groups is 1. The van der Waals surface area contributed by atoms with E-state index < -0.39 is 0 Å². The van der Waals surface area contributed by atoms with Crippen molar-refractivity contribution in [1.82, 2.24) is 0 Å². The van der Waals surface area contributed by atoms with Gasteiger partial charge in [-0.15, -0.1) is 0 Å². The molecule has 0 aliphatic heterocycles. The number of rotatable bonds is 4. The van der Waals surface area contributed by atoms with E-state index in [-0.39, 0.29) is 5.78 Å². The lowest BCUT2D eigenvalue weighted by Gasteiger charge is -2.12. The fraction of sp³-hybridized carbons (Fsp3) is 0.0323. The molecule has 1 aromatic heterocycles. The second kappa shape index (κ2) is 7.99. The zero-order valence-corrected chi connectivity index (χ0v) is 18.1. The largest absolute Gasteiger partial charge is 0.282 e. The highest BCUT2D eigenvalue weighted by Crippen LogP contribution is 2.31. The van der Waals surface area contributed by atoms with E-state index in [2.05, 4.69) is 65.2 Å². The molecule has 6 aromatic rings. The van der Waals surface area contributed by atoms with E-state index in [1.54, 1.807) is 0 Å². The minimum absolute atomic E-state index is 0.0516. The van der Waals surface area contributed by atoms with Crippen LogP contribution in [0.15, 0.2) is 121 Å². The second-order valence-electron chi connectivity index (χ2n) is 8.39. The first-order valence-electron chi connectivity index (χ1n) is 11.2. The van der Waals surface area contributed by atoms with Gasteiger partial charge in [-0.05, 0) is 39.1 Å². The maximum atomic E-state index is 14.5. The van der Waals surface area contributed by atoms with Crippen LogP contribution in [0.1, 0.15) is 21.6 Å². The van der Waals surface area contributed by atoms with Crippen molar-refractivity contribution >= 4 is 38.1 Å². The summed E-state index contributed by atoms with van der Waals surface area (Å²) in [6, 6.07) is 39.1. The highest BCUT2D eigenvalue weighted by atomic mass is 16.1. The Morgan fingerprint density at radius 3 is 1.79 bits per heavy atom. The van der Waals surface area contributed by atoms with Gasteiger partial charge in [-0.1, -0.05) is 97.1 Å². The van der Waals surface area contributed by atoms with E-state index in [4.69, 9.17) is 0 Å². The average molecular weight is 425 g/mol. The van der Waals surface area contributed by atoms with E-state index >= 15 is 0 Å². The summed E-state index contributed by atoms with van der Waals surface area (Å²) in [7, 11) is 0. The molecule has 0 radical (unpaired) electrons. The third-order valence-corrected chi connectivity index (χ3v) is 6.35. The first kappa shape index (κ1) is 19.4. The molecular weight excluding hydrogens is 402 g/mol. The lowest BCUT2D eigenvalue weighted by Crippen LogP contribution is -2.41. The molecule has 0 aliphatic rings. The van der Waals surface area contributed by atoms with Gasteiger partial charge in [0.05, 0.1) is 5.39 Å². The molecule has 5 aromatic carbocycles. The van der Waals surface area contributed by atoms with Gasteiger partial charge >= 0.3 is 0 Å². The number of nitrogens with zero attached hydrogens (tertiary/aromatic N) is 1. The van der Waals surface area contributed by atoms with Crippen LogP contribution in [0.2, 0.25) is 0 Å². The van der Waals surface area contributed by atoms with Crippen LogP contribution >= 0.6 is 0 Å². The smallest absolute Gasteiger partial charge is 0.261 e. The van der Waals surface area contributed by atoms with Crippen molar-refractivity contribution in [3.05, 3.63) is 138 Å². The molecule has 0 N–H and O–H groups in total. The molecule has 0 saturated carbocycles. The molecule has 33 heavy (non-hydrogen) atoms. The number of fused-ring (bicyclic) bond motifs is 3. The maximum Gasteiger partial charge on any atom is 0.261 e. The number of ketones is 1. The van der Waals surface area contributed by atoms with Gasteiger partial charge in [-0.2, -0.15) is 4.57 Å². The minimum Gasteiger partial charge on any atom is -0.282 e. The molecule has 0 aliphatic carbocycles. The number of carbonyl (C=O) groups excluding carboxylic acids is 1. The fourth-order valence-electron chi connectivity index (χ4n) is 4.80. The molecule has 2 nitrogen and oxygen atoms in total. The first-order valence-corrected chi connectivity index (χ1v) is 11.2. The van der Waals surface area contributed by atoms with E-state index in [1.807, 2.05) is 60.8 Å². The SMILES string of the molecule is O=C(c1c2ccccc2cc2ccccc12)c1c2ccccc2cc[n+]1Cc1ccccc1. The Morgan fingerprint density at radius 2 is 1.12 bits per heavy atom. The van der Waals surface area contributed by atoms with Gasteiger partial charge in [-0.3, -0.25) is 4.79 Å². The van der Waals surface area contributed by atoms with Crippen molar-refractivity contribution in [3.63, 3.8) is 0 Å². The van der Waals surface area contributed by atoms with Crippen LogP contribution in [0.25, 0.3) is 32.3 Å². The summed E-state index contributed by atoms with van der Waals surface area (Å²) in [6.45, 7) is 0.634. The Bertz CT molecular complexity index is 1600. The minimum atomic E-state index is 0.0516. The van der Waals surface area contributed by atoms with Crippen molar-refractivity contribution in [2.75, 3.05) is 0 Å². The Hall–Kier alpha value is -4.30. The molecular formula is C31H22NO+. The summed E-state index contributed by atoms with van der Waals surface area (Å²) in [4.78, 5) is 14.5. The van der Waals surface area contributed by atoms with Gasteiger partial charge < -0.3 is 0 Å². The summed E-state index contributed by atoms with van der Waals surface area (Å²) >= 11 is 0. The number of pyridine rings is 1. The molecule has 6 rings (SSSR count). The topological polar surface area (TPSA) is 20.9 Å². The Morgan fingerprint density at radius 1 is 0.576 bits per heavy atom. The van der Waals surface area contributed by atoms with Gasteiger partial charge in [0.2, 0.25) is 0 Å². The van der Waals surface area contributed by atoms with Gasteiger partial charge in [0.15, 0.2) is 12.7 Å². The quantitative estimate of drug-likeness (QED) is 0.175. The highest BCUT2D eigenvalue weighted by Gasteiger charge is 2.27. The van der Waals surface area contributed by atoms with E-state index in [9.17, 15) is 4.79 Å². The van der Waals surface area contributed by atoms with Gasteiger partial charge in [-0.25, -0.2) is 0 Å². The number of benzene rings is 5. The van der Waals surface area contributed by atoms with Crippen molar-refractivity contribution in [1.29, 1.82) is 0 Å². The van der Waals surface area contributed by atoms with Crippen LogP contribution < -0.4 is 4.57 Å². The Labute approximate surface area is 192 Å². The molecule has 0 unspecified atom stereocenters. The number of aromatic nitrogens is 1. The lowest BCUT2D eigenvalue weighted by atomic mass is 9.91. The summed E-state index contributed by atoms with van der Waals surface area (Å²) in [5, 5.41) is 6.16. The molecule has 0 spiro atoms. The molecule has 2 heteroatoms. The van der Waals surface area contributed by atoms with E-state index in [0.29, 0.717) is 6.54 Å². The van der Waals surface area contributed by atoms with Crippen LogP contribution in [-0.2, 0) is 6.54 Å². The van der Waals surface area contributed by atoms with E-state index in [0.717, 1.165) is 49.1 Å². The molecule has 1 heterocycles. The van der Waals surface area contributed by atoms with Crippen LogP contribution in [0.3, 0.4) is 0 Å². The third kappa shape index (κ3) is 3.37. The van der Waals surface area contributed by atoms with Crippen LogP contribution in [0.5, 0.6) is 0 Å². The van der Waals surface area contributed by atoms with Crippen LogP contribution in [0.4, 0.5) is 0 Å². The normalized spacial score (nSPS) is 11.3. The summed E-state index contributed by atoms with van der Waals surface area (Å²) in [5.74, 6) is 0.0516. The predicted octanol–water partition coefficient (Wildman–Crippen LogP) is 6.71. The standard InChI is InChI=1S/C31H22NO/c33-31(29-26-15-7-5-13-24(26)20-25-14-6-8-16-27(25)29)30-28-17-9-4-12-23(28)18-19-32(30)21-22-10-2-1-3-11-22/h1-20H,21H2/q+1. The van der Waals surface area contributed by atoms with Crippen LogP contribution in [0, 0.1) is 0 Å². The Balaban J connectivity index is 1.66.